The van der Waals surface area contributed by atoms with Gasteiger partial charge in [-0.1, -0.05) is 0 Å². The van der Waals surface area contributed by atoms with Crippen LogP contribution in [0.1, 0.15) is 0 Å². The normalized spacial score (nSPS) is 16.3. The number of carbonyl (C=O) groups excluding carboxylic acids is 1. The second-order valence-electron chi connectivity index (χ2n) is 3.68. The maximum absolute atomic E-state index is 12.9. The van der Waals surface area contributed by atoms with Crippen molar-refractivity contribution in [1.82, 2.24) is 0 Å². The van der Waals surface area contributed by atoms with Crippen LogP contribution in [0.5, 0.6) is 0 Å². The van der Waals surface area contributed by atoms with Crippen molar-refractivity contribution in [1.29, 1.82) is 0 Å². The van der Waals surface area contributed by atoms with Gasteiger partial charge in [0.05, 0.1) is 0 Å². The number of allylic oxidation sites excluding steroid dienone is 2. The third-order valence-electron chi connectivity index (χ3n) is 2.12. The van der Waals surface area contributed by atoms with Crippen LogP contribution in [0.3, 0.4) is 0 Å². The monoisotopic (exact) mass is 378 g/mol. The van der Waals surface area contributed by atoms with Crippen LogP contribution in [-0.2, 0) is 4.79 Å². The Hall–Kier alpha value is -1.57. The Bertz CT molecular complexity index is 488. The number of ketones is 1. The second kappa shape index (κ2) is 5.51. The van der Waals surface area contributed by atoms with E-state index < -0.39 is 47.6 Å². The summed E-state index contributed by atoms with van der Waals surface area (Å²) in [5.41, 5.74) is -7.30. The van der Waals surface area contributed by atoms with Gasteiger partial charge in [0.15, 0.2) is 5.83 Å². The summed E-state index contributed by atoms with van der Waals surface area (Å²) >= 11 is 0. The predicted molar refractivity (Wildman–Crippen MR) is 41.2 cm³/mol. The van der Waals surface area contributed by atoms with Gasteiger partial charge in [0.1, 0.15) is 0 Å². The van der Waals surface area contributed by atoms with Crippen molar-refractivity contribution in [3.05, 3.63) is 11.7 Å². The molecular formula is C8F14O. The number of alkyl halides is 12. The van der Waals surface area contributed by atoms with Gasteiger partial charge in [0.2, 0.25) is 5.83 Å². The highest BCUT2D eigenvalue weighted by atomic mass is 19.4. The molecule has 15 heteroatoms. The standard InChI is InChI=1S/C8F14O/c9-1(3(23)5(12,13)8(20,21)22)2(10)4(11,6(14,15)16)7(17,18)19/b2-1+. The van der Waals surface area contributed by atoms with Crippen molar-refractivity contribution in [3.8, 4) is 0 Å². The second-order valence-corrected chi connectivity index (χ2v) is 3.68. The van der Waals surface area contributed by atoms with Crippen LogP contribution < -0.4 is 0 Å². The van der Waals surface area contributed by atoms with Gasteiger partial charge in [-0.15, -0.1) is 0 Å². The van der Waals surface area contributed by atoms with Gasteiger partial charge < -0.3 is 0 Å². The maximum Gasteiger partial charge on any atom is 0.461 e. The highest BCUT2D eigenvalue weighted by Crippen LogP contribution is 2.52. The molecule has 0 spiro atoms. The van der Waals surface area contributed by atoms with Crippen molar-refractivity contribution in [2.75, 3.05) is 0 Å². The minimum atomic E-state index is -7.36. The number of carbonyl (C=O) groups is 1. The SMILES string of the molecule is O=C(/C(F)=C(\F)C(F)(C(F)(F)F)C(F)(F)F)C(F)(F)C(F)(F)F. The van der Waals surface area contributed by atoms with Crippen molar-refractivity contribution in [3.63, 3.8) is 0 Å². The first-order valence-electron chi connectivity index (χ1n) is 4.60. The quantitative estimate of drug-likeness (QED) is 0.513. The van der Waals surface area contributed by atoms with Crippen LogP contribution >= 0.6 is 0 Å². The summed E-state index contributed by atoms with van der Waals surface area (Å²) < 4.78 is 170. The van der Waals surface area contributed by atoms with Crippen LogP contribution in [0.15, 0.2) is 11.7 Å². The van der Waals surface area contributed by atoms with Crippen molar-refractivity contribution < 1.29 is 66.3 Å². The molecule has 0 fully saturated rings. The summed E-state index contributed by atoms with van der Waals surface area (Å²) in [4.78, 5) is 10.3. The van der Waals surface area contributed by atoms with Crippen molar-refractivity contribution in [2.24, 2.45) is 0 Å². The van der Waals surface area contributed by atoms with Gasteiger partial charge in [-0.25, -0.2) is 8.78 Å². The smallest absolute Gasteiger partial charge is 0.284 e. The Balaban J connectivity index is 6.38. The summed E-state index contributed by atoms with van der Waals surface area (Å²) in [6.45, 7) is 0. The molecule has 0 atom stereocenters. The lowest BCUT2D eigenvalue weighted by Gasteiger charge is -2.28. The molecule has 0 heterocycles. The zero-order valence-corrected chi connectivity index (χ0v) is 9.70. The lowest BCUT2D eigenvalue weighted by atomic mass is 10.00. The molecule has 0 aliphatic heterocycles. The maximum atomic E-state index is 12.9. The molecule has 0 bridgehead atoms. The predicted octanol–water partition coefficient (Wildman–Crippen LogP) is 4.74. The van der Waals surface area contributed by atoms with Crippen LogP contribution in [0.2, 0.25) is 0 Å². The summed E-state index contributed by atoms with van der Waals surface area (Å²) in [6.07, 6.45) is -21.7. The molecule has 0 aromatic rings. The van der Waals surface area contributed by atoms with Crippen LogP contribution in [0.25, 0.3) is 0 Å². The van der Waals surface area contributed by atoms with Gasteiger partial charge in [0.25, 0.3) is 5.78 Å². The average molecular weight is 378 g/mol. The van der Waals surface area contributed by atoms with Crippen molar-refractivity contribution in [2.45, 2.75) is 30.1 Å². The zero-order valence-electron chi connectivity index (χ0n) is 9.70. The molecule has 0 aliphatic rings. The average Bonchev–Trinajstić information content (AvgIpc) is 2.30. The van der Waals surface area contributed by atoms with E-state index in [1.807, 2.05) is 0 Å². The van der Waals surface area contributed by atoms with Gasteiger partial charge in [-0.05, 0) is 0 Å². The third kappa shape index (κ3) is 3.36. The molecule has 0 amide bonds. The van der Waals surface area contributed by atoms with Crippen LogP contribution in [-0.4, -0.2) is 35.9 Å². The summed E-state index contributed by atoms with van der Waals surface area (Å²) in [5, 5.41) is 0. The fourth-order valence-corrected chi connectivity index (χ4v) is 0.927. The molecule has 23 heavy (non-hydrogen) atoms. The van der Waals surface area contributed by atoms with E-state index in [0.717, 1.165) is 0 Å². The Morgan fingerprint density at radius 2 is 0.870 bits per heavy atom. The largest absolute Gasteiger partial charge is 0.461 e. The van der Waals surface area contributed by atoms with E-state index in [1.54, 1.807) is 0 Å². The minimum Gasteiger partial charge on any atom is -0.284 e. The molecule has 0 saturated heterocycles. The zero-order chi connectivity index (χ0) is 19.2. The van der Waals surface area contributed by atoms with E-state index in [-0.39, 0.29) is 0 Å². The highest BCUT2D eigenvalue weighted by Gasteiger charge is 2.77. The molecule has 0 aliphatic carbocycles. The molecule has 136 valence electrons. The first kappa shape index (κ1) is 21.4. The van der Waals surface area contributed by atoms with Gasteiger partial charge in [0, 0.05) is 0 Å². The fraction of sp³-hybridized carbons (Fsp3) is 0.625. The number of hydrogen-bond acceptors (Lipinski definition) is 1. The van der Waals surface area contributed by atoms with E-state index in [1.165, 1.54) is 0 Å². The molecule has 0 aromatic carbocycles. The first-order chi connectivity index (χ1) is 9.73. The Morgan fingerprint density at radius 1 is 0.565 bits per heavy atom. The van der Waals surface area contributed by atoms with Gasteiger partial charge in [-0.3, -0.25) is 4.79 Å². The summed E-state index contributed by atoms with van der Waals surface area (Å²) in [7, 11) is 0. The highest BCUT2D eigenvalue weighted by molar-refractivity contribution is 6.00. The molecule has 0 saturated carbocycles. The molecule has 0 radical (unpaired) electrons. The van der Waals surface area contributed by atoms with Crippen LogP contribution in [0.4, 0.5) is 61.5 Å². The number of hydrogen-bond donors (Lipinski definition) is 0. The lowest BCUT2D eigenvalue weighted by Crippen LogP contribution is -2.55. The first-order valence-corrected chi connectivity index (χ1v) is 4.60. The van der Waals surface area contributed by atoms with E-state index in [4.69, 9.17) is 0 Å². The topological polar surface area (TPSA) is 17.1 Å². The van der Waals surface area contributed by atoms with E-state index in [2.05, 4.69) is 0 Å². The molecule has 1 nitrogen and oxygen atoms in total. The third-order valence-corrected chi connectivity index (χ3v) is 2.12. The summed E-state index contributed by atoms with van der Waals surface area (Å²) in [5.74, 6) is -20.7. The van der Waals surface area contributed by atoms with Crippen LogP contribution in [0, 0.1) is 0 Å². The van der Waals surface area contributed by atoms with E-state index >= 15 is 0 Å². The van der Waals surface area contributed by atoms with E-state index in [9.17, 15) is 66.3 Å². The Labute approximate surface area is 115 Å². The van der Waals surface area contributed by atoms with Gasteiger partial charge in [-0.2, -0.15) is 52.7 Å². The summed E-state index contributed by atoms with van der Waals surface area (Å²) in [6, 6.07) is 0. The number of halogens is 14. The molecule has 0 rings (SSSR count). The molecule has 0 unspecified atom stereocenters. The number of rotatable bonds is 3. The van der Waals surface area contributed by atoms with Crippen molar-refractivity contribution >= 4 is 5.78 Å². The molecule has 0 aromatic heterocycles. The van der Waals surface area contributed by atoms with E-state index in [0.29, 0.717) is 0 Å². The lowest BCUT2D eigenvalue weighted by molar-refractivity contribution is -0.331. The Morgan fingerprint density at radius 3 is 1.09 bits per heavy atom. The molecular weight excluding hydrogens is 378 g/mol. The van der Waals surface area contributed by atoms with Gasteiger partial charge >= 0.3 is 30.1 Å². The Kier molecular flexibility index (Phi) is 5.13. The molecule has 0 N–H and O–H groups in total. The fourth-order valence-electron chi connectivity index (χ4n) is 0.927. The number of Topliss-reactive ketones (excluding diaryl/α,β-unsaturated/α-hetero) is 1. The minimum absolute atomic E-state index is 4.46.